The summed E-state index contributed by atoms with van der Waals surface area (Å²) < 4.78 is 5.61. The number of aldehydes is 1. The molecule has 0 radical (unpaired) electrons. The van der Waals surface area contributed by atoms with Gasteiger partial charge in [0.1, 0.15) is 6.29 Å². The summed E-state index contributed by atoms with van der Waals surface area (Å²) in [5.41, 5.74) is -0.194. The lowest BCUT2D eigenvalue weighted by Crippen LogP contribution is -2.36. The smallest absolute Gasteiger partial charge is 0.127 e. The van der Waals surface area contributed by atoms with Gasteiger partial charge in [0, 0.05) is 25.1 Å². The first-order valence-corrected chi connectivity index (χ1v) is 6.82. The molecule has 0 bridgehead atoms. The third-order valence-electron chi connectivity index (χ3n) is 3.40. The van der Waals surface area contributed by atoms with E-state index in [2.05, 4.69) is 18.9 Å². The van der Waals surface area contributed by atoms with Crippen LogP contribution in [0.1, 0.15) is 39.5 Å². The molecule has 1 fully saturated rings. The molecule has 1 rings (SSSR count). The molecule has 0 saturated heterocycles. The molecular weight excluding hydrogens is 214 g/mol. The van der Waals surface area contributed by atoms with Crippen molar-refractivity contribution < 1.29 is 9.53 Å². The molecule has 0 aromatic heterocycles. The van der Waals surface area contributed by atoms with Crippen LogP contribution in [0.15, 0.2) is 0 Å². The van der Waals surface area contributed by atoms with Crippen LogP contribution in [0, 0.1) is 11.3 Å². The second-order valence-electron chi connectivity index (χ2n) is 5.78. The van der Waals surface area contributed by atoms with Gasteiger partial charge >= 0.3 is 0 Å². The van der Waals surface area contributed by atoms with Crippen LogP contribution in [0.2, 0.25) is 0 Å². The fourth-order valence-corrected chi connectivity index (χ4v) is 2.20. The Balaban J connectivity index is 2.12. The molecule has 17 heavy (non-hydrogen) atoms. The Bertz CT molecular complexity index is 228. The van der Waals surface area contributed by atoms with E-state index in [0.29, 0.717) is 0 Å². The third kappa shape index (κ3) is 6.18. The largest absolute Gasteiger partial charge is 0.380 e. The summed E-state index contributed by atoms with van der Waals surface area (Å²) in [5.74, 6) is 0.834. The van der Waals surface area contributed by atoms with Crippen LogP contribution in [0.25, 0.3) is 0 Å². The van der Waals surface area contributed by atoms with Gasteiger partial charge in [-0.25, -0.2) is 0 Å². The zero-order valence-electron chi connectivity index (χ0n) is 11.6. The van der Waals surface area contributed by atoms with Crippen LogP contribution in [-0.2, 0) is 9.53 Å². The van der Waals surface area contributed by atoms with Gasteiger partial charge in [-0.15, -0.1) is 0 Å². The highest BCUT2D eigenvalue weighted by molar-refractivity contribution is 5.58. The standard InChI is InChI=1S/C14H27NO2/c1-4-7-14(2,12-16)11-15(3)8-9-17-10-13-5-6-13/h12-13H,4-11H2,1-3H3. The summed E-state index contributed by atoms with van der Waals surface area (Å²) >= 11 is 0. The molecule has 0 N–H and O–H groups in total. The molecule has 100 valence electrons. The fraction of sp³-hybridized carbons (Fsp3) is 0.929. The molecule has 1 atom stereocenters. The van der Waals surface area contributed by atoms with Crippen molar-refractivity contribution in [3.8, 4) is 0 Å². The van der Waals surface area contributed by atoms with Crippen LogP contribution < -0.4 is 0 Å². The maximum absolute atomic E-state index is 11.1. The van der Waals surface area contributed by atoms with Gasteiger partial charge in [-0.2, -0.15) is 0 Å². The van der Waals surface area contributed by atoms with Crippen molar-refractivity contribution in [1.29, 1.82) is 0 Å². The van der Waals surface area contributed by atoms with Crippen molar-refractivity contribution >= 4 is 6.29 Å². The highest BCUT2D eigenvalue weighted by Gasteiger charge is 2.24. The highest BCUT2D eigenvalue weighted by Crippen LogP contribution is 2.28. The second kappa shape index (κ2) is 7.12. The predicted molar refractivity (Wildman–Crippen MR) is 70.1 cm³/mol. The number of carbonyl (C=O) groups is 1. The monoisotopic (exact) mass is 241 g/mol. The number of hydrogen-bond donors (Lipinski definition) is 0. The minimum Gasteiger partial charge on any atom is -0.380 e. The molecule has 0 aromatic carbocycles. The number of ether oxygens (including phenoxy) is 1. The number of hydrogen-bond acceptors (Lipinski definition) is 3. The second-order valence-corrected chi connectivity index (χ2v) is 5.78. The van der Waals surface area contributed by atoms with Gasteiger partial charge in [0.05, 0.1) is 6.61 Å². The molecule has 3 heteroatoms. The number of likely N-dealkylation sites (N-methyl/N-ethyl adjacent to an activating group) is 1. The number of carbonyl (C=O) groups excluding carboxylic acids is 1. The average Bonchev–Trinajstić information content (AvgIpc) is 3.08. The van der Waals surface area contributed by atoms with Crippen molar-refractivity contribution in [3.63, 3.8) is 0 Å². The van der Waals surface area contributed by atoms with Crippen molar-refractivity contribution in [3.05, 3.63) is 0 Å². The highest BCUT2D eigenvalue weighted by atomic mass is 16.5. The van der Waals surface area contributed by atoms with E-state index in [9.17, 15) is 4.79 Å². The molecule has 1 aliphatic rings. The first-order valence-electron chi connectivity index (χ1n) is 6.82. The van der Waals surface area contributed by atoms with Crippen molar-refractivity contribution in [1.82, 2.24) is 4.90 Å². The van der Waals surface area contributed by atoms with E-state index in [-0.39, 0.29) is 5.41 Å². The molecule has 0 amide bonds. The minimum atomic E-state index is -0.194. The molecule has 0 aromatic rings. The summed E-state index contributed by atoms with van der Waals surface area (Å²) in [6.45, 7) is 7.63. The molecule has 3 nitrogen and oxygen atoms in total. The van der Waals surface area contributed by atoms with E-state index in [4.69, 9.17) is 4.74 Å². The topological polar surface area (TPSA) is 29.5 Å². The van der Waals surface area contributed by atoms with Crippen LogP contribution >= 0.6 is 0 Å². The molecular formula is C14H27NO2. The maximum atomic E-state index is 11.1. The summed E-state index contributed by atoms with van der Waals surface area (Å²) in [6.07, 6.45) is 5.81. The summed E-state index contributed by atoms with van der Waals surface area (Å²) in [7, 11) is 2.07. The molecule has 1 unspecified atom stereocenters. The Labute approximate surface area is 106 Å². The summed E-state index contributed by atoms with van der Waals surface area (Å²) in [5, 5.41) is 0. The van der Waals surface area contributed by atoms with Gasteiger partial charge in [-0.05, 0) is 32.2 Å². The van der Waals surface area contributed by atoms with E-state index in [0.717, 1.165) is 51.3 Å². The zero-order chi connectivity index (χ0) is 12.7. The van der Waals surface area contributed by atoms with E-state index >= 15 is 0 Å². The van der Waals surface area contributed by atoms with Gasteiger partial charge in [0.2, 0.25) is 0 Å². The molecule has 0 heterocycles. The van der Waals surface area contributed by atoms with Gasteiger partial charge in [0.25, 0.3) is 0 Å². The number of rotatable bonds is 10. The first kappa shape index (κ1) is 14.7. The third-order valence-corrected chi connectivity index (χ3v) is 3.40. The Morgan fingerprint density at radius 2 is 2.18 bits per heavy atom. The lowest BCUT2D eigenvalue weighted by atomic mass is 9.87. The Morgan fingerprint density at radius 3 is 2.71 bits per heavy atom. The first-order chi connectivity index (χ1) is 8.09. The SMILES string of the molecule is CCCC(C)(C=O)CN(C)CCOCC1CC1. The Kier molecular flexibility index (Phi) is 6.14. The molecule has 1 saturated carbocycles. The normalized spacial score (nSPS) is 19.3. The van der Waals surface area contributed by atoms with E-state index in [1.54, 1.807) is 0 Å². The quantitative estimate of drug-likeness (QED) is 0.434. The van der Waals surface area contributed by atoms with Crippen LogP contribution in [0.4, 0.5) is 0 Å². The Morgan fingerprint density at radius 1 is 1.47 bits per heavy atom. The van der Waals surface area contributed by atoms with Gasteiger partial charge < -0.3 is 14.4 Å². The van der Waals surface area contributed by atoms with Crippen molar-refractivity contribution in [2.75, 3.05) is 33.4 Å². The van der Waals surface area contributed by atoms with E-state index < -0.39 is 0 Å². The summed E-state index contributed by atoms with van der Waals surface area (Å²) in [4.78, 5) is 13.3. The number of nitrogens with zero attached hydrogens (tertiary/aromatic N) is 1. The van der Waals surface area contributed by atoms with E-state index in [1.807, 2.05) is 6.92 Å². The fourth-order valence-electron chi connectivity index (χ4n) is 2.20. The van der Waals surface area contributed by atoms with Crippen LogP contribution in [-0.4, -0.2) is 44.5 Å². The van der Waals surface area contributed by atoms with E-state index in [1.165, 1.54) is 12.8 Å². The lowest BCUT2D eigenvalue weighted by Gasteiger charge is -2.28. The Hall–Kier alpha value is -0.410. The predicted octanol–water partition coefficient (Wildman–Crippen LogP) is 2.35. The molecule has 0 aliphatic heterocycles. The maximum Gasteiger partial charge on any atom is 0.127 e. The van der Waals surface area contributed by atoms with Gasteiger partial charge in [-0.3, -0.25) is 0 Å². The van der Waals surface area contributed by atoms with Crippen molar-refractivity contribution in [2.24, 2.45) is 11.3 Å². The average molecular weight is 241 g/mol. The zero-order valence-corrected chi connectivity index (χ0v) is 11.6. The van der Waals surface area contributed by atoms with Crippen LogP contribution in [0.5, 0.6) is 0 Å². The molecule has 1 aliphatic carbocycles. The van der Waals surface area contributed by atoms with Gasteiger partial charge in [0.15, 0.2) is 0 Å². The van der Waals surface area contributed by atoms with Crippen LogP contribution in [0.3, 0.4) is 0 Å². The minimum absolute atomic E-state index is 0.194. The van der Waals surface area contributed by atoms with Gasteiger partial charge in [-0.1, -0.05) is 20.3 Å². The molecule has 0 spiro atoms. The summed E-state index contributed by atoms with van der Waals surface area (Å²) in [6, 6.07) is 0. The lowest BCUT2D eigenvalue weighted by molar-refractivity contribution is -0.116. The van der Waals surface area contributed by atoms with Crippen molar-refractivity contribution in [2.45, 2.75) is 39.5 Å².